The molecule has 0 spiro atoms. The first-order chi connectivity index (χ1) is 13.2. The summed E-state index contributed by atoms with van der Waals surface area (Å²) in [6.07, 6.45) is 1.39. The highest BCUT2D eigenvalue weighted by atomic mass is 16.7. The van der Waals surface area contributed by atoms with E-state index in [2.05, 4.69) is 0 Å². The van der Waals surface area contributed by atoms with E-state index < -0.39 is 23.7 Å². The summed E-state index contributed by atoms with van der Waals surface area (Å²) in [5.74, 6) is -3.19. The largest absolute Gasteiger partial charge is 0.489 e. The van der Waals surface area contributed by atoms with Crippen molar-refractivity contribution in [1.29, 1.82) is 0 Å². The minimum atomic E-state index is -1.28. The van der Waals surface area contributed by atoms with Gasteiger partial charge in [0.05, 0.1) is 5.56 Å². The Labute approximate surface area is 161 Å². The van der Waals surface area contributed by atoms with Crippen molar-refractivity contribution in [3.8, 4) is 5.75 Å². The van der Waals surface area contributed by atoms with Crippen molar-refractivity contribution < 1.29 is 33.7 Å². The van der Waals surface area contributed by atoms with Crippen LogP contribution in [0.1, 0.15) is 35.3 Å². The van der Waals surface area contributed by atoms with Crippen LogP contribution in [0, 0.1) is 0 Å². The molecule has 0 unspecified atom stereocenters. The topological polar surface area (TPSA) is 99.1 Å². The molecule has 2 aromatic rings. The number of carboxylic acids is 1. The molecule has 1 aliphatic rings. The van der Waals surface area contributed by atoms with Gasteiger partial charge in [-0.15, -0.1) is 0 Å². The van der Waals surface area contributed by atoms with Crippen LogP contribution in [-0.2, 0) is 25.7 Å². The van der Waals surface area contributed by atoms with Crippen LogP contribution < -0.4 is 4.74 Å². The van der Waals surface area contributed by atoms with Gasteiger partial charge in [0.25, 0.3) is 5.79 Å². The van der Waals surface area contributed by atoms with Crippen molar-refractivity contribution in [1.82, 2.24) is 0 Å². The van der Waals surface area contributed by atoms with Crippen LogP contribution in [-0.4, -0.2) is 28.8 Å². The normalized spacial score (nSPS) is 15.4. The van der Waals surface area contributed by atoms with Crippen LogP contribution in [0.3, 0.4) is 0 Å². The first-order valence-corrected chi connectivity index (χ1v) is 8.47. The van der Waals surface area contributed by atoms with E-state index in [-0.39, 0.29) is 17.7 Å². The van der Waals surface area contributed by atoms with Crippen molar-refractivity contribution >= 4 is 24.0 Å². The van der Waals surface area contributed by atoms with Gasteiger partial charge in [0.2, 0.25) is 0 Å². The highest BCUT2D eigenvalue weighted by Crippen LogP contribution is 2.24. The minimum absolute atomic E-state index is 0.182. The quantitative estimate of drug-likeness (QED) is 0.482. The molecule has 0 atom stereocenters. The Morgan fingerprint density at radius 2 is 1.71 bits per heavy atom. The van der Waals surface area contributed by atoms with Crippen LogP contribution in [0.5, 0.6) is 5.75 Å². The van der Waals surface area contributed by atoms with Crippen molar-refractivity contribution in [2.24, 2.45) is 0 Å². The van der Waals surface area contributed by atoms with Gasteiger partial charge in [0.15, 0.2) is 0 Å². The van der Waals surface area contributed by atoms with E-state index in [1.165, 1.54) is 26.0 Å². The van der Waals surface area contributed by atoms with Crippen LogP contribution in [0.25, 0.3) is 6.08 Å². The minimum Gasteiger partial charge on any atom is -0.489 e. The molecular formula is C21H18O7. The SMILES string of the molecule is CC1(C)OC(=O)C(=Cc2ccc(OCc3cccc(C(=O)O)c3)cc2)C(=O)O1. The molecule has 0 radical (unpaired) electrons. The smallest absolute Gasteiger partial charge is 0.348 e. The summed E-state index contributed by atoms with van der Waals surface area (Å²) in [5.41, 5.74) is 1.33. The van der Waals surface area contributed by atoms with E-state index in [4.69, 9.17) is 19.3 Å². The molecule has 1 fully saturated rings. The summed E-state index contributed by atoms with van der Waals surface area (Å²) in [6.45, 7) is 3.17. The average Bonchev–Trinajstić information content (AvgIpc) is 2.63. The van der Waals surface area contributed by atoms with E-state index in [1.54, 1.807) is 42.5 Å². The predicted octanol–water partition coefficient (Wildman–Crippen LogP) is 3.18. The molecule has 0 saturated carbocycles. The lowest BCUT2D eigenvalue weighted by molar-refractivity contribution is -0.222. The lowest BCUT2D eigenvalue weighted by atomic mass is 10.1. The Kier molecular flexibility index (Phi) is 5.17. The molecule has 144 valence electrons. The molecule has 2 aromatic carbocycles. The molecule has 1 heterocycles. The Morgan fingerprint density at radius 1 is 1.07 bits per heavy atom. The molecule has 0 aliphatic carbocycles. The third-order valence-electron chi connectivity index (χ3n) is 3.89. The third-order valence-corrected chi connectivity index (χ3v) is 3.89. The summed E-state index contributed by atoms with van der Waals surface area (Å²) >= 11 is 0. The lowest BCUT2D eigenvalue weighted by Crippen LogP contribution is -2.41. The first-order valence-electron chi connectivity index (χ1n) is 8.47. The molecule has 0 bridgehead atoms. The van der Waals surface area contributed by atoms with Crippen molar-refractivity contribution in [3.63, 3.8) is 0 Å². The fourth-order valence-electron chi connectivity index (χ4n) is 2.57. The van der Waals surface area contributed by atoms with E-state index in [0.29, 0.717) is 11.3 Å². The van der Waals surface area contributed by atoms with E-state index in [0.717, 1.165) is 5.56 Å². The maximum Gasteiger partial charge on any atom is 0.348 e. The number of rotatable bonds is 5. The molecular weight excluding hydrogens is 364 g/mol. The molecule has 1 saturated heterocycles. The van der Waals surface area contributed by atoms with E-state index in [1.807, 2.05) is 0 Å². The zero-order valence-corrected chi connectivity index (χ0v) is 15.3. The monoisotopic (exact) mass is 382 g/mol. The standard InChI is InChI=1S/C21H18O7/c1-21(2)27-19(24)17(20(25)28-21)11-13-6-8-16(9-7-13)26-12-14-4-3-5-15(10-14)18(22)23/h3-11H,12H2,1-2H3,(H,22,23). The zero-order valence-electron chi connectivity index (χ0n) is 15.3. The third kappa shape index (κ3) is 4.56. The Balaban J connectivity index is 1.67. The number of benzene rings is 2. The van der Waals surface area contributed by atoms with Crippen LogP contribution in [0.4, 0.5) is 0 Å². The summed E-state index contributed by atoms with van der Waals surface area (Å²) < 4.78 is 15.7. The van der Waals surface area contributed by atoms with Crippen LogP contribution in [0.2, 0.25) is 0 Å². The number of cyclic esters (lactones) is 2. The van der Waals surface area contributed by atoms with Gasteiger partial charge in [-0.2, -0.15) is 0 Å². The van der Waals surface area contributed by atoms with Gasteiger partial charge >= 0.3 is 17.9 Å². The van der Waals surface area contributed by atoms with Gasteiger partial charge in [-0.05, 0) is 41.5 Å². The summed E-state index contributed by atoms with van der Waals surface area (Å²) in [7, 11) is 0. The molecule has 7 nitrogen and oxygen atoms in total. The maximum absolute atomic E-state index is 12.0. The Hall–Kier alpha value is -3.61. The van der Waals surface area contributed by atoms with Crippen molar-refractivity contribution in [2.45, 2.75) is 26.2 Å². The van der Waals surface area contributed by atoms with Crippen molar-refractivity contribution in [2.75, 3.05) is 0 Å². The Bertz CT molecular complexity index is 933. The molecule has 1 aliphatic heterocycles. The summed E-state index contributed by atoms with van der Waals surface area (Å²) in [6, 6.07) is 13.2. The number of ether oxygens (including phenoxy) is 3. The average molecular weight is 382 g/mol. The van der Waals surface area contributed by atoms with E-state index in [9.17, 15) is 14.4 Å². The molecule has 3 rings (SSSR count). The van der Waals surface area contributed by atoms with Crippen LogP contribution in [0.15, 0.2) is 54.1 Å². The highest BCUT2D eigenvalue weighted by Gasteiger charge is 2.38. The lowest BCUT2D eigenvalue weighted by Gasteiger charge is -2.29. The fraction of sp³-hybridized carbons (Fsp3) is 0.190. The predicted molar refractivity (Wildman–Crippen MR) is 98.4 cm³/mol. The second-order valence-corrected chi connectivity index (χ2v) is 6.60. The maximum atomic E-state index is 12.0. The second-order valence-electron chi connectivity index (χ2n) is 6.60. The molecule has 0 amide bonds. The number of carboxylic acid groups (broad SMARTS) is 1. The van der Waals surface area contributed by atoms with E-state index >= 15 is 0 Å². The van der Waals surface area contributed by atoms with Gasteiger partial charge in [-0.25, -0.2) is 14.4 Å². The number of esters is 2. The summed E-state index contributed by atoms with van der Waals surface area (Å²) in [5, 5.41) is 9.01. The number of aromatic carboxylic acids is 1. The number of hydrogen-bond donors (Lipinski definition) is 1. The zero-order chi connectivity index (χ0) is 20.3. The summed E-state index contributed by atoms with van der Waals surface area (Å²) in [4.78, 5) is 34.9. The second kappa shape index (κ2) is 7.56. The molecule has 7 heteroatoms. The fourth-order valence-corrected chi connectivity index (χ4v) is 2.57. The molecule has 1 N–H and O–H groups in total. The number of carbonyl (C=O) groups is 3. The van der Waals surface area contributed by atoms with Crippen LogP contribution >= 0.6 is 0 Å². The molecule has 0 aromatic heterocycles. The van der Waals surface area contributed by atoms with Gasteiger partial charge < -0.3 is 19.3 Å². The van der Waals surface area contributed by atoms with Gasteiger partial charge in [-0.1, -0.05) is 24.3 Å². The van der Waals surface area contributed by atoms with Gasteiger partial charge in [0, 0.05) is 13.8 Å². The molecule has 28 heavy (non-hydrogen) atoms. The number of carbonyl (C=O) groups excluding carboxylic acids is 2. The number of hydrogen-bond acceptors (Lipinski definition) is 6. The highest BCUT2D eigenvalue weighted by molar-refractivity contribution is 6.18. The Morgan fingerprint density at radius 3 is 2.32 bits per heavy atom. The van der Waals surface area contributed by atoms with Gasteiger partial charge in [0.1, 0.15) is 17.9 Å². The van der Waals surface area contributed by atoms with Crippen molar-refractivity contribution in [3.05, 3.63) is 70.8 Å². The van der Waals surface area contributed by atoms with Gasteiger partial charge in [-0.3, -0.25) is 0 Å². The first kappa shape index (κ1) is 19.2.